The highest BCUT2D eigenvalue weighted by atomic mass is 32.2. The molecule has 0 bridgehead atoms. The maximum Gasteiger partial charge on any atom is 0.223 e. The molecule has 0 saturated heterocycles. The Bertz CT molecular complexity index is 446. The fourth-order valence-corrected chi connectivity index (χ4v) is 2.75. The van der Waals surface area contributed by atoms with Gasteiger partial charge in [-0.1, -0.05) is 13.8 Å². The van der Waals surface area contributed by atoms with Crippen molar-refractivity contribution in [3.63, 3.8) is 0 Å². The monoisotopic (exact) mass is 310 g/mol. The molecule has 0 atom stereocenters. The van der Waals surface area contributed by atoms with Crippen LogP contribution >= 0.6 is 11.8 Å². The van der Waals surface area contributed by atoms with E-state index in [1.54, 1.807) is 23.8 Å². The second-order valence-electron chi connectivity index (χ2n) is 5.89. The number of carbonyl (C=O) groups excluding carboxylic acids is 1. The number of carbonyl (C=O) groups is 1. The van der Waals surface area contributed by atoms with Gasteiger partial charge in [0.2, 0.25) is 5.91 Å². The third kappa shape index (κ3) is 6.40. The SMILES string of the molecule is COc1ccc(SCCC(=O)N(C)CC(C)(C)CN)cc1. The van der Waals surface area contributed by atoms with Gasteiger partial charge < -0.3 is 15.4 Å². The molecule has 1 aromatic carbocycles. The van der Waals surface area contributed by atoms with Gasteiger partial charge in [-0.05, 0) is 36.2 Å². The standard InChI is InChI=1S/C16H26N2O2S/c1-16(2,11-17)12-18(3)15(19)9-10-21-14-7-5-13(20-4)6-8-14/h5-8H,9-12,17H2,1-4H3. The average molecular weight is 310 g/mol. The fraction of sp³-hybridized carbons (Fsp3) is 0.562. The minimum Gasteiger partial charge on any atom is -0.497 e. The molecule has 2 N–H and O–H groups in total. The first-order valence-corrected chi connectivity index (χ1v) is 8.07. The number of benzene rings is 1. The molecule has 0 spiro atoms. The van der Waals surface area contributed by atoms with E-state index < -0.39 is 0 Å². The number of hydrogen-bond donors (Lipinski definition) is 1. The van der Waals surface area contributed by atoms with Gasteiger partial charge in [0.05, 0.1) is 7.11 Å². The van der Waals surface area contributed by atoms with Crippen molar-refractivity contribution in [3.05, 3.63) is 24.3 Å². The van der Waals surface area contributed by atoms with E-state index in [2.05, 4.69) is 13.8 Å². The summed E-state index contributed by atoms with van der Waals surface area (Å²) in [5.74, 6) is 1.79. The first kappa shape index (κ1) is 17.9. The molecule has 4 nitrogen and oxygen atoms in total. The Labute approximate surface area is 132 Å². The zero-order valence-electron chi connectivity index (χ0n) is 13.4. The van der Waals surface area contributed by atoms with Crippen molar-refractivity contribution in [2.75, 3.05) is 33.0 Å². The number of amides is 1. The summed E-state index contributed by atoms with van der Waals surface area (Å²) in [6.45, 7) is 5.41. The Hall–Kier alpha value is -1.20. The van der Waals surface area contributed by atoms with Crippen LogP contribution in [0.3, 0.4) is 0 Å². The van der Waals surface area contributed by atoms with E-state index in [1.165, 1.54) is 0 Å². The predicted molar refractivity (Wildman–Crippen MR) is 88.8 cm³/mol. The van der Waals surface area contributed by atoms with Crippen molar-refractivity contribution in [3.8, 4) is 5.75 Å². The molecule has 1 amide bonds. The van der Waals surface area contributed by atoms with E-state index in [1.807, 2.05) is 31.3 Å². The molecule has 0 aliphatic carbocycles. The largest absolute Gasteiger partial charge is 0.497 e. The molecular weight excluding hydrogens is 284 g/mol. The van der Waals surface area contributed by atoms with E-state index in [0.29, 0.717) is 19.5 Å². The lowest BCUT2D eigenvalue weighted by Gasteiger charge is -2.29. The molecule has 21 heavy (non-hydrogen) atoms. The second kappa shape index (κ2) is 8.29. The number of ether oxygens (including phenoxy) is 1. The van der Waals surface area contributed by atoms with Crippen LogP contribution in [0.5, 0.6) is 5.75 Å². The van der Waals surface area contributed by atoms with Gasteiger partial charge in [-0.3, -0.25) is 4.79 Å². The van der Waals surface area contributed by atoms with Crippen LogP contribution in [0.1, 0.15) is 20.3 Å². The van der Waals surface area contributed by atoms with Crippen molar-refractivity contribution in [1.29, 1.82) is 0 Å². The van der Waals surface area contributed by atoms with Crippen LogP contribution in [-0.2, 0) is 4.79 Å². The zero-order valence-corrected chi connectivity index (χ0v) is 14.2. The van der Waals surface area contributed by atoms with E-state index in [0.717, 1.165) is 16.4 Å². The Morgan fingerprint density at radius 1 is 1.33 bits per heavy atom. The van der Waals surface area contributed by atoms with Crippen molar-refractivity contribution < 1.29 is 9.53 Å². The number of thioether (sulfide) groups is 1. The van der Waals surface area contributed by atoms with Gasteiger partial charge in [-0.2, -0.15) is 0 Å². The molecule has 1 aromatic rings. The van der Waals surface area contributed by atoms with Gasteiger partial charge in [0.25, 0.3) is 0 Å². The summed E-state index contributed by atoms with van der Waals surface area (Å²) in [4.78, 5) is 15.0. The highest BCUT2D eigenvalue weighted by Gasteiger charge is 2.20. The molecule has 0 unspecified atom stereocenters. The third-order valence-corrected chi connectivity index (χ3v) is 4.30. The van der Waals surface area contributed by atoms with Gasteiger partial charge in [-0.25, -0.2) is 0 Å². The number of nitrogens with zero attached hydrogens (tertiary/aromatic N) is 1. The molecule has 0 aliphatic heterocycles. The normalized spacial score (nSPS) is 11.3. The second-order valence-corrected chi connectivity index (χ2v) is 7.06. The third-order valence-electron chi connectivity index (χ3n) is 3.29. The fourth-order valence-electron chi connectivity index (χ4n) is 1.91. The molecule has 0 saturated carbocycles. The Morgan fingerprint density at radius 3 is 2.48 bits per heavy atom. The Balaban J connectivity index is 2.35. The van der Waals surface area contributed by atoms with Crippen LogP contribution in [0.4, 0.5) is 0 Å². The van der Waals surface area contributed by atoms with E-state index in [9.17, 15) is 4.79 Å². The van der Waals surface area contributed by atoms with Crippen LogP contribution < -0.4 is 10.5 Å². The predicted octanol–water partition coefficient (Wildman–Crippen LogP) is 2.62. The maximum absolute atomic E-state index is 12.1. The van der Waals surface area contributed by atoms with Crippen molar-refractivity contribution in [1.82, 2.24) is 4.90 Å². The number of methoxy groups -OCH3 is 1. The minimum atomic E-state index is -0.0342. The van der Waals surface area contributed by atoms with Crippen LogP contribution in [-0.4, -0.2) is 43.8 Å². The first-order chi connectivity index (χ1) is 9.88. The summed E-state index contributed by atoms with van der Waals surface area (Å²) in [5.41, 5.74) is 5.67. The summed E-state index contributed by atoms with van der Waals surface area (Å²) in [5, 5.41) is 0. The molecule has 118 valence electrons. The number of rotatable bonds is 8. The summed E-state index contributed by atoms with van der Waals surface area (Å²) in [6, 6.07) is 7.88. The van der Waals surface area contributed by atoms with Gasteiger partial charge in [-0.15, -0.1) is 11.8 Å². The van der Waals surface area contributed by atoms with Crippen LogP contribution in [0.15, 0.2) is 29.2 Å². The van der Waals surface area contributed by atoms with Gasteiger partial charge in [0.15, 0.2) is 0 Å². The molecule has 0 aliphatic rings. The van der Waals surface area contributed by atoms with Crippen molar-refractivity contribution >= 4 is 17.7 Å². The van der Waals surface area contributed by atoms with E-state index in [-0.39, 0.29) is 11.3 Å². The molecule has 5 heteroatoms. The summed E-state index contributed by atoms with van der Waals surface area (Å²) < 4.78 is 5.12. The van der Waals surface area contributed by atoms with Crippen LogP contribution in [0.2, 0.25) is 0 Å². The quantitative estimate of drug-likeness (QED) is 0.750. The lowest BCUT2D eigenvalue weighted by Crippen LogP contribution is -2.39. The zero-order chi connectivity index (χ0) is 15.9. The molecule has 1 rings (SSSR count). The smallest absolute Gasteiger partial charge is 0.223 e. The van der Waals surface area contributed by atoms with Gasteiger partial charge in [0, 0.05) is 30.7 Å². The van der Waals surface area contributed by atoms with E-state index in [4.69, 9.17) is 10.5 Å². The minimum absolute atomic E-state index is 0.0342. The van der Waals surface area contributed by atoms with Crippen molar-refractivity contribution in [2.45, 2.75) is 25.2 Å². The molecule has 0 fully saturated rings. The topological polar surface area (TPSA) is 55.6 Å². The van der Waals surface area contributed by atoms with Gasteiger partial charge >= 0.3 is 0 Å². The maximum atomic E-state index is 12.1. The molecule has 0 radical (unpaired) electrons. The molecule has 0 aromatic heterocycles. The molecular formula is C16H26N2O2S. The summed E-state index contributed by atoms with van der Waals surface area (Å²) >= 11 is 1.68. The van der Waals surface area contributed by atoms with E-state index >= 15 is 0 Å². The van der Waals surface area contributed by atoms with Gasteiger partial charge in [0.1, 0.15) is 5.75 Å². The highest BCUT2D eigenvalue weighted by Crippen LogP contribution is 2.22. The van der Waals surface area contributed by atoms with Crippen molar-refractivity contribution in [2.24, 2.45) is 11.1 Å². The van der Waals surface area contributed by atoms with Crippen LogP contribution in [0, 0.1) is 5.41 Å². The number of nitrogens with two attached hydrogens (primary N) is 1. The summed E-state index contributed by atoms with van der Waals surface area (Å²) in [7, 11) is 3.50. The average Bonchev–Trinajstić information content (AvgIpc) is 2.47. The first-order valence-electron chi connectivity index (χ1n) is 7.09. The Morgan fingerprint density at radius 2 is 1.95 bits per heavy atom. The highest BCUT2D eigenvalue weighted by molar-refractivity contribution is 7.99. The lowest BCUT2D eigenvalue weighted by atomic mass is 9.93. The summed E-state index contributed by atoms with van der Waals surface area (Å²) in [6.07, 6.45) is 0.536. The van der Waals surface area contributed by atoms with Crippen LogP contribution in [0.25, 0.3) is 0 Å². The molecule has 0 heterocycles. The number of hydrogen-bond acceptors (Lipinski definition) is 4. The lowest BCUT2D eigenvalue weighted by molar-refractivity contribution is -0.130. The Kier molecular flexibility index (Phi) is 7.05.